The summed E-state index contributed by atoms with van der Waals surface area (Å²) in [5, 5.41) is 0. The van der Waals surface area contributed by atoms with E-state index < -0.39 is 30.6 Å². The number of carbonyl (C=O) groups excluding carboxylic acids is 2. The van der Waals surface area contributed by atoms with E-state index in [1.54, 1.807) is 6.92 Å². The van der Waals surface area contributed by atoms with Crippen LogP contribution >= 0.6 is 0 Å². The van der Waals surface area contributed by atoms with E-state index in [0.717, 1.165) is 0 Å². The van der Waals surface area contributed by atoms with Gasteiger partial charge in [0.2, 0.25) is 11.8 Å². The maximum atomic E-state index is 12.5. The molecule has 2 N–H and O–H groups in total. The minimum atomic E-state index is -4.67. The van der Waals surface area contributed by atoms with Crippen LogP contribution in [-0.4, -0.2) is 35.5 Å². The van der Waals surface area contributed by atoms with Crippen molar-refractivity contribution >= 4 is 11.8 Å². The second kappa shape index (κ2) is 4.40. The molecule has 0 bridgehead atoms. The fourth-order valence-electron chi connectivity index (χ4n) is 1.74. The number of hydrogen-bond acceptors (Lipinski definition) is 3. The van der Waals surface area contributed by atoms with Crippen LogP contribution in [0, 0.1) is 5.92 Å². The number of rotatable bonds is 2. The van der Waals surface area contributed by atoms with Crippen molar-refractivity contribution in [3.63, 3.8) is 0 Å². The quantitative estimate of drug-likeness (QED) is 0.719. The Bertz CT molecular complexity index is 286. The van der Waals surface area contributed by atoms with Crippen LogP contribution in [0.3, 0.4) is 0 Å². The molecule has 4 nitrogen and oxygen atoms in total. The molecular formula is C9H13F3N2O2. The van der Waals surface area contributed by atoms with E-state index in [0.29, 0.717) is 0 Å². The summed E-state index contributed by atoms with van der Waals surface area (Å²) in [5.74, 6) is -1.80. The number of carbonyl (C=O) groups is 2. The first-order valence-corrected chi connectivity index (χ1v) is 4.89. The fraction of sp³-hybridized carbons (Fsp3) is 0.778. The molecule has 1 heterocycles. The third-order valence-electron chi connectivity index (χ3n) is 2.50. The molecule has 0 radical (unpaired) electrons. The molecule has 0 aromatic rings. The topological polar surface area (TPSA) is 63.4 Å². The fourth-order valence-corrected chi connectivity index (χ4v) is 1.74. The van der Waals surface area contributed by atoms with Crippen LogP contribution in [0.5, 0.6) is 0 Å². The Kier molecular flexibility index (Phi) is 3.57. The van der Waals surface area contributed by atoms with Gasteiger partial charge in [-0.05, 0) is 5.92 Å². The Hall–Kier alpha value is -1.11. The van der Waals surface area contributed by atoms with E-state index in [1.807, 2.05) is 0 Å². The molecule has 1 atom stereocenters. The molecule has 1 unspecified atom stereocenters. The van der Waals surface area contributed by atoms with Crippen molar-refractivity contribution in [2.45, 2.75) is 32.0 Å². The van der Waals surface area contributed by atoms with E-state index in [4.69, 9.17) is 5.73 Å². The van der Waals surface area contributed by atoms with Crippen molar-refractivity contribution in [1.29, 1.82) is 0 Å². The lowest BCUT2D eigenvalue weighted by molar-refractivity contribution is -0.194. The van der Waals surface area contributed by atoms with Gasteiger partial charge in [-0.25, -0.2) is 0 Å². The zero-order chi connectivity index (χ0) is 12.5. The highest BCUT2D eigenvalue weighted by molar-refractivity contribution is 5.98. The molecule has 0 aliphatic carbocycles. The first kappa shape index (κ1) is 13.0. The van der Waals surface area contributed by atoms with Crippen molar-refractivity contribution in [3.8, 4) is 0 Å². The highest BCUT2D eigenvalue weighted by Crippen LogP contribution is 2.29. The smallest absolute Gasteiger partial charge is 0.328 e. The highest BCUT2D eigenvalue weighted by atomic mass is 19.4. The number of imide groups is 1. The van der Waals surface area contributed by atoms with Crippen molar-refractivity contribution in [2.24, 2.45) is 11.7 Å². The molecule has 2 amide bonds. The standard InChI is InChI=1S/C9H13F3N2O2/c1-5-2-7(15)14(8(16)3-5)6(4-13)9(10,11)12/h5-6H,2-4,13H2,1H3. The zero-order valence-corrected chi connectivity index (χ0v) is 8.75. The van der Waals surface area contributed by atoms with Gasteiger partial charge in [0, 0.05) is 19.4 Å². The zero-order valence-electron chi connectivity index (χ0n) is 8.75. The number of amides is 2. The van der Waals surface area contributed by atoms with Crippen molar-refractivity contribution in [3.05, 3.63) is 0 Å². The summed E-state index contributed by atoms with van der Waals surface area (Å²) in [6.45, 7) is 0.855. The van der Waals surface area contributed by atoms with Gasteiger partial charge in [-0.3, -0.25) is 14.5 Å². The van der Waals surface area contributed by atoms with Gasteiger partial charge in [0.25, 0.3) is 0 Å². The third-order valence-corrected chi connectivity index (χ3v) is 2.50. The summed E-state index contributed by atoms with van der Waals surface area (Å²) in [5.41, 5.74) is 4.98. The van der Waals surface area contributed by atoms with Gasteiger partial charge in [-0.15, -0.1) is 0 Å². The van der Waals surface area contributed by atoms with E-state index >= 15 is 0 Å². The van der Waals surface area contributed by atoms with Gasteiger partial charge in [0.15, 0.2) is 0 Å². The van der Waals surface area contributed by atoms with E-state index in [1.165, 1.54) is 0 Å². The van der Waals surface area contributed by atoms with Gasteiger partial charge in [0.05, 0.1) is 0 Å². The van der Waals surface area contributed by atoms with Crippen LogP contribution in [0.4, 0.5) is 13.2 Å². The monoisotopic (exact) mass is 238 g/mol. The Balaban J connectivity index is 2.93. The second-order valence-corrected chi connectivity index (χ2v) is 3.96. The maximum absolute atomic E-state index is 12.5. The first-order chi connectivity index (χ1) is 7.27. The van der Waals surface area contributed by atoms with Crippen molar-refractivity contribution in [2.75, 3.05) is 6.54 Å². The average Bonchev–Trinajstić information content (AvgIpc) is 2.08. The number of piperidine rings is 1. The minimum absolute atomic E-state index is 0.0433. The van der Waals surface area contributed by atoms with Gasteiger partial charge < -0.3 is 5.73 Å². The summed E-state index contributed by atoms with van der Waals surface area (Å²) in [4.78, 5) is 23.1. The van der Waals surface area contributed by atoms with E-state index in [-0.39, 0.29) is 23.7 Å². The van der Waals surface area contributed by atoms with Crippen molar-refractivity contribution in [1.82, 2.24) is 4.90 Å². The van der Waals surface area contributed by atoms with Crippen molar-refractivity contribution < 1.29 is 22.8 Å². The predicted octanol–water partition coefficient (Wildman–Crippen LogP) is 0.661. The van der Waals surface area contributed by atoms with E-state index in [2.05, 4.69) is 0 Å². The SMILES string of the molecule is CC1CC(=O)N(C(CN)C(F)(F)F)C(=O)C1. The Labute approximate surface area is 90.6 Å². The summed E-state index contributed by atoms with van der Waals surface area (Å²) < 4.78 is 37.6. The third kappa shape index (κ3) is 2.52. The van der Waals surface area contributed by atoms with Gasteiger partial charge in [-0.1, -0.05) is 6.92 Å². The number of hydrogen-bond donors (Lipinski definition) is 1. The van der Waals surface area contributed by atoms with E-state index in [9.17, 15) is 22.8 Å². The molecule has 0 spiro atoms. The molecule has 1 aliphatic rings. The number of nitrogens with two attached hydrogens (primary N) is 1. The van der Waals surface area contributed by atoms with Crippen LogP contribution in [0.15, 0.2) is 0 Å². The normalized spacial score (nSPS) is 21.4. The molecule has 0 aromatic carbocycles. The number of alkyl halides is 3. The molecule has 1 aliphatic heterocycles. The Morgan fingerprint density at radius 3 is 2.12 bits per heavy atom. The van der Waals surface area contributed by atoms with Gasteiger partial charge >= 0.3 is 6.18 Å². The Morgan fingerprint density at radius 2 is 1.81 bits per heavy atom. The molecule has 92 valence electrons. The lowest BCUT2D eigenvalue weighted by atomic mass is 9.96. The summed E-state index contributed by atoms with van der Waals surface area (Å²) >= 11 is 0. The molecule has 7 heteroatoms. The summed E-state index contributed by atoms with van der Waals surface area (Å²) in [7, 11) is 0. The van der Waals surface area contributed by atoms with Crippen LogP contribution in [-0.2, 0) is 9.59 Å². The minimum Gasteiger partial charge on any atom is -0.328 e. The lowest BCUT2D eigenvalue weighted by Gasteiger charge is -2.35. The Morgan fingerprint density at radius 1 is 1.38 bits per heavy atom. The predicted molar refractivity (Wildman–Crippen MR) is 49.1 cm³/mol. The summed E-state index contributed by atoms with van der Waals surface area (Å²) in [6.07, 6.45) is -4.75. The van der Waals surface area contributed by atoms with Crippen LogP contribution in [0.1, 0.15) is 19.8 Å². The molecule has 0 aromatic heterocycles. The molecule has 1 rings (SSSR count). The largest absolute Gasteiger partial charge is 0.410 e. The maximum Gasteiger partial charge on any atom is 0.410 e. The molecule has 16 heavy (non-hydrogen) atoms. The van der Waals surface area contributed by atoms with Crippen LogP contribution < -0.4 is 5.73 Å². The molecule has 1 fully saturated rings. The number of likely N-dealkylation sites (tertiary alicyclic amines) is 1. The summed E-state index contributed by atoms with van der Waals surface area (Å²) in [6, 6.07) is -2.19. The first-order valence-electron chi connectivity index (χ1n) is 4.89. The number of halogens is 3. The molecule has 1 saturated heterocycles. The second-order valence-electron chi connectivity index (χ2n) is 3.96. The number of nitrogens with zero attached hydrogens (tertiary/aromatic N) is 1. The van der Waals surface area contributed by atoms with Gasteiger partial charge in [0.1, 0.15) is 6.04 Å². The molecular weight excluding hydrogens is 225 g/mol. The molecule has 0 saturated carbocycles. The average molecular weight is 238 g/mol. The van der Waals surface area contributed by atoms with Crippen LogP contribution in [0.25, 0.3) is 0 Å². The van der Waals surface area contributed by atoms with Crippen LogP contribution in [0.2, 0.25) is 0 Å². The highest BCUT2D eigenvalue weighted by Gasteiger charge is 2.48. The van der Waals surface area contributed by atoms with Gasteiger partial charge in [-0.2, -0.15) is 13.2 Å². The lowest BCUT2D eigenvalue weighted by Crippen LogP contribution is -2.57.